The largest absolute Gasteiger partial charge is 0.480 e. The number of hydrogen-bond acceptors (Lipinski definition) is 24. The first-order chi connectivity index (χ1) is 66.8. The van der Waals surface area contributed by atoms with E-state index in [0.717, 1.165) is 0 Å². The van der Waals surface area contributed by atoms with Gasteiger partial charge in [0.25, 0.3) is 0 Å². The molecule has 0 aromatic rings. The molecule has 141 heavy (non-hydrogen) atoms. The first-order valence-corrected chi connectivity index (χ1v) is 49.0. The van der Waals surface area contributed by atoms with Crippen LogP contribution in [0, 0.1) is 49.7 Å². The fraction of sp³-hybridized carbons (Fsp3) is 0.736. The van der Waals surface area contributed by atoms with Crippen LogP contribution in [-0.4, -0.2) is 353 Å². The molecule has 6 heterocycles. The number of hydrogen-bond donors (Lipinski definition) is 32. The Balaban J connectivity index is 1.14. The highest BCUT2D eigenvalue weighted by atomic mass is 16.4. The third kappa shape index (κ3) is 37.2. The maximum Gasteiger partial charge on any atom is 0.326 e. The average molecular weight is 1990 g/mol. The molecule has 54 nitrogen and oxygen atoms in total. The number of likely N-dealkylation sites (tertiary alicyclic amines) is 6. The zero-order valence-electron chi connectivity index (χ0n) is 81.7. The van der Waals surface area contributed by atoms with E-state index in [1.54, 1.807) is 27.7 Å². The standard InChI is InChI=1S/C87H155N37O17/c1-6-48(4)64(118-67(127)52(22-9-35-105-83(93)94)111-65(125)50(88)20-7-33-103-81(89)90)73(133)115-55(25-12-38-108-86(99)100)77(137)119-40-14-27-58(119)68(128)110-49(5)74(134)124-45-19-32-63(124)79(139)123-44-18-31-62(123)69(129)112-51(21-8-34-104-82(91)92)66(126)117-57(46-47(2)3)78(138)122-43-17-29-60(122)71(131)114-53(23-10-36-106-84(95)96)75(135)120-41-15-28-59(120)70(130)113-54(24-11-37-107-85(97)98)76(136)121-42-16-30-61(121)72(132)116-56(80(140)141)26-13-39-109-87(101)102/h47-64H,6-46,88H2,1-5H3,(H,110,128)(H,111,125)(H,112,129)(H,113,130)(H,114,131)(H,115,133)(H,116,132)(H,117,126)(H,118,127)(H,140,141)(H4,89,90,103)(H4,91,92,104)(H4,93,94,105)(H4,95,96,106)(H4,97,98,107)(H4,99,100,108)(H4,101,102,109)/t48-,49-,50-,51-,52-,53-,54-,55-,56-,57-,58-,59-,60-,61-,62-,63-,64-/m0/s1. The number of nitrogens with two attached hydrogens (primary N) is 8. The highest BCUT2D eigenvalue weighted by Crippen LogP contribution is 2.30. The van der Waals surface area contributed by atoms with Gasteiger partial charge in [0.15, 0.2) is 41.7 Å². The summed E-state index contributed by atoms with van der Waals surface area (Å²) in [5.41, 5.74) is 44.8. The molecule has 0 bridgehead atoms. The van der Waals surface area contributed by atoms with Crippen LogP contribution in [0.2, 0.25) is 0 Å². The predicted molar refractivity (Wildman–Crippen MR) is 520 cm³/mol. The van der Waals surface area contributed by atoms with Gasteiger partial charge in [0.05, 0.1) is 6.04 Å². The molecule has 0 unspecified atom stereocenters. The fourth-order valence-corrected chi connectivity index (χ4v) is 18.4. The van der Waals surface area contributed by atoms with Crippen LogP contribution in [0.1, 0.15) is 214 Å². The van der Waals surface area contributed by atoms with Gasteiger partial charge in [-0.2, -0.15) is 0 Å². The lowest BCUT2D eigenvalue weighted by Crippen LogP contribution is -2.61. The number of rotatable bonds is 57. The van der Waals surface area contributed by atoms with E-state index in [2.05, 4.69) is 85.1 Å². The summed E-state index contributed by atoms with van der Waals surface area (Å²) >= 11 is 0. The van der Waals surface area contributed by atoms with Crippen LogP contribution in [-0.2, 0) is 76.7 Å². The Hall–Kier alpha value is -13.6. The second-order valence-corrected chi connectivity index (χ2v) is 37.1. The molecular formula is C87H155N37O17. The lowest BCUT2D eigenvalue weighted by Gasteiger charge is -2.34. The Morgan fingerprint density at radius 3 is 0.901 bits per heavy atom. The number of nitrogens with zero attached hydrogens (tertiary/aromatic N) is 6. The number of amides is 15. The van der Waals surface area contributed by atoms with Crippen LogP contribution in [0.25, 0.3) is 0 Å². The lowest BCUT2D eigenvalue weighted by molar-refractivity contribution is -0.148. The molecule has 40 N–H and O–H groups in total. The zero-order chi connectivity index (χ0) is 104. The van der Waals surface area contributed by atoms with Crippen molar-refractivity contribution in [2.24, 2.45) is 57.7 Å². The fourth-order valence-electron chi connectivity index (χ4n) is 18.4. The van der Waals surface area contributed by atoms with Crippen LogP contribution < -0.4 is 131 Å². The highest BCUT2D eigenvalue weighted by molar-refractivity contribution is 6.02. The molecule has 6 aliphatic heterocycles. The number of guanidine groups is 7. The van der Waals surface area contributed by atoms with E-state index in [1.165, 1.54) is 36.3 Å². The Bertz CT molecular complexity index is 4390. The first-order valence-electron chi connectivity index (χ1n) is 49.0. The minimum absolute atomic E-state index is 0.00936. The quantitative estimate of drug-likeness (QED) is 0.0153. The van der Waals surface area contributed by atoms with Crippen molar-refractivity contribution in [1.82, 2.24) is 114 Å². The normalized spacial score (nSPS) is 20.0. The van der Waals surface area contributed by atoms with Gasteiger partial charge in [0.2, 0.25) is 88.6 Å². The molecule has 6 aliphatic rings. The molecule has 790 valence electrons. The number of carboxylic acid groups (broad SMARTS) is 1. The van der Waals surface area contributed by atoms with Gasteiger partial charge < -0.3 is 165 Å². The lowest BCUT2D eigenvalue weighted by atomic mass is 9.96. The van der Waals surface area contributed by atoms with Crippen molar-refractivity contribution in [2.75, 3.05) is 85.1 Å². The Morgan fingerprint density at radius 2 is 0.560 bits per heavy atom. The minimum atomic E-state index is -1.39. The molecule has 0 aliphatic carbocycles. The van der Waals surface area contributed by atoms with Crippen LogP contribution >= 0.6 is 0 Å². The van der Waals surface area contributed by atoms with E-state index in [0.29, 0.717) is 51.4 Å². The van der Waals surface area contributed by atoms with Crippen LogP contribution in [0.3, 0.4) is 0 Å². The molecule has 0 aromatic carbocycles. The van der Waals surface area contributed by atoms with Gasteiger partial charge in [-0.05, 0) is 192 Å². The number of nitrogens with one attached hydrogen (secondary N) is 23. The summed E-state index contributed by atoms with van der Waals surface area (Å²) in [6.07, 6.45) is 4.45. The van der Waals surface area contributed by atoms with Crippen LogP contribution in [0.4, 0.5) is 0 Å². The molecule has 54 heteroatoms. The molecule has 15 amide bonds. The van der Waals surface area contributed by atoms with Crippen molar-refractivity contribution in [3.8, 4) is 0 Å². The van der Waals surface area contributed by atoms with Gasteiger partial charge in [0, 0.05) is 85.1 Å². The Kier molecular flexibility index (Phi) is 48.1. The first kappa shape index (κ1) is 116. The van der Waals surface area contributed by atoms with Crippen molar-refractivity contribution in [3.63, 3.8) is 0 Å². The number of aliphatic carboxylic acids is 1. The molecule has 6 rings (SSSR count). The topological polar surface area (TPSA) is 880 Å². The van der Waals surface area contributed by atoms with Gasteiger partial charge in [-0.1, -0.05) is 34.1 Å². The minimum Gasteiger partial charge on any atom is -0.480 e. The van der Waals surface area contributed by atoms with Crippen molar-refractivity contribution in [1.29, 1.82) is 37.9 Å². The third-order valence-corrected chi connectivity index (χ3v) is 25.8. The predicted octanol–water partition coefficient (Wildman–Crippen LogP) is -8.34. The van der Waals surface area contributed by atoms with Crippen molar-refractivity contribution >= 4 is 136 Å². The number of carbonyl (C=O) groups excluding carboxylic acids is 15. The highest BCUT2D eigenvalue weighted by Gasteiger charge is 2.49. The maximum atomic E-state index is 15.2. The molecule has 6 fully saturated rings. The molecule has 0 aromatic heterocycles. The molecule has 0 saturated carbocycles. The molecule has 17 atom stereocenters. The van der Waals surface area contributed by atoms with E-state index in [9.17, 15) is 62.6 Å². The molecule has 6 saturated heterocycles. The maximum absolute atomic E-state index is 15.2. The Morgan fingerprint density at radius 1 is 0.305 bits per heavy atom. The molecule has 0 spiro atoms. The molecule has 0 radical (unpaired) electrons. The summed E-state index contributed by atoms with van der Waals surface area (Å²) < 4.78 is 0. The summed E-state index contributed by atoms with van der Waals surface area (Å²) in [4.78, 5) is 240. The molecular weight excluding hydrogens is 1840 g/mol. The third-order valence-electron chi connectivity index (χ3n) is 25.8. The van der Waals surface area contributed by atoms with Gasteiger partial charge in [0.1, 0.15) is 90.6 Å². The van der Waals surface area contributed by atoms with Gasteiger partial charge in [-0.3, -0.25) is 110 Å². The SMILES string of the molecule is CC[C@H](C)[C@H](NC(=O)[C@H](CCCNC(=N)N)NC(=O)[C@@H](N)CCCNC(=N)N)C(=O)N[C@@H](CCCNC(=N)N)C(=O)N1CCC[C@H]1C(=O)N[C@@H](C)C(=O)N1CCC[C@H]1C(=O)N1CCC[C@H]1C(=O)N[C@@H](CCCNC(=N)N)C(=O)N[C@@H](CC(C)C)C(=O)N1CCC[C@H]1C(=O)N[C@@H](CCCNC(=N)N)C(=O)N1CCC[C@H]1C(=O)N[C@@H](CCCNC(=N)N)C(=O)N1CCC[C@H]1C(=O)N[C@@H](CCCNC(=N)N)C(=O)O. The second-order valence-electron chi connectivity index (χ2n) is 37.1. The van der Waals surface area contributed by atoms with E-state index in [-0.39, 0.29) is 261 Å². The van der Waals surface area contributed by atoms with Crippen LogP contribution in [0.15, 0.2) is 0 Å². The summed E-state index contributed by atoms with van der Waals surface area (Å²) in [7, 11) is 0. The van der Waals surface area contributed by atoms with Crippen molar-refractivity contribution in [3.05, 3.63) is 0 Å². The summed E-state index contributed by atoms with van der Waals surface area (Å²) in [5.74, 6) is -15.2. The monoisotopic (exact) mass is 1990 g/mol. The van der Waals surface area contributed by atoms with Crippen molar-refractivity contribution < 1.29 is 81.8 Å². The van der Waals surface area contributed by atoms with Gasteiger partial charge >= 0.3 is 5.97 Å². The van der Waals surface area contributed by atoms with Gasteiger partial charge in [-0.15, -0.1) is 0 Å². The zero-order valence-corrected chi connectivity index (χ0v) is 81.7. The smallest absolute Gasteiger partial charge is 0.326 e. The van der Waals surface area contributed by atoms with E-state index in [4.69, 9.17) is 83.7 Å². The summed E-state index contributed by atoms with van der Waals surface area (Å²) in [6.45, 7) is 9.74. The van der Waals surface area contributed by atoms with E-state index < -0.39 is 197 Å². The van der Waals surface area contributed by atoms with Crippen LogP contribution in [0.5, 0.6) is 0 Å². The number of carboxylic acids is 1. The van der Waals surface area contributed by atoms with E-state index >= 15 is 19.2 Å². The average Bonchev–Trinajstić information content (AvgIpc) is 1.70. The summed E-state index contributed by atoms with van der Waals surface area (Å²) in [6, 6.07) is -20.0. The Labute approximate surface area is 820 Å². The van der Waals surface area contributed by atoms with Gasteiger partial charge in [-0.25, -0.2) is 4.79 Å². The van der Waals surface area contributed by atoms with E-state index in [1.807, 2.05) is 0 Å². The second kappa shape index (κ2) is 58.4. The number of carbonyl (C=O) groups is 16. The summed E-state index contributed by atoms with van der Waals surface area (Å²) in [5, 5.41) is 107. The van der Waals surface area contributed by atoms with Crippen molar-refractivity contribution in [2.45, 2.75) is 311 Å².